The molecule has 18 heavy (non-hydrogen) atoms. The van der Waals surface area contributed by atoms with Gasteiger partial charge in [-0.3, -0.25) is 15.1 Å². The van der Waals surface area contributed by atoms with Crippen molar-refractivity contribution in [3.63, 3.8) is 0 Å². The quantitative estimate of drug-likeness (QED) is 0.633. The molecule has 0 aromatic heterocycles. The first-order valence-electron chi connectivity index (χ1n) is 7.36. The molecule has 0 fully saturated rings. The van der Waals surface area contributed by atoms with Crippen LogP contribution in [0.4, 0.5) is 0 Å². The van der Waals surface area contributed by atoms with Gasteiger partial charge in [0.1, 0.15) is 11.8 Å². The van der Waals surface area contributed by atoms with Crippen LogP contribution < -0.4 is 5.48 Å². The summed E-state index contributed by atoms with van der Waals surface area (Å²) in [5.41, 5.74) is 4.57. The highest BCUT2D eigenvalue weighted by molar-refractivity contribution is 5.95. The van der Waals surface area contributed by atoms with Crippen molar-refractivity contribution in [2.75, 3.05) is 0 Å². The zero-order valence-corrected chi connectivity index (χ0v) is 12.1. The average Bonchev–Trinajstić information content (AvgIpc) is 2.74. The summed E-state index contributed by atoms with van der Waals surface area (Å²) < 4.78 is 0. The van der Waals surface area contributed by atoms with E-state index < -0.39 is 0 Å². The Morgan fingerprint density at radius 1 is 1.17 bits per heavy atom. The van der Waals surface area contributed by atoms with Gasteiger partial charge in [-0.2, -0.15) is 0 Å². The van der Waals surface area contributed by atoms with Gasteiger partial charge in [0.25, 0.3) is 0 Å². The molecule has 0 aromatic rings. The second-order valence-corrected chi connectivity index (χ2v) is 5.12. The molecule has 1 heterocycles. The van der Waals surface area contributed by atoms with E-state index in [0.29, 0.717) is 12.1 Å². The maximum absolute atomic E-state index is 12.0. The van der Waals surface area contributed by atoms with Gasteiger partial charge >= 0.3 is 0 Å². The molecule has 0 radical (unpaired) electrons. The number of hydrogen-bond acceptors (Lipinski definition) is 3. The second kappa shape index (κ2) is 8.30. The fourth-order valence-electron chi connectivity index (χ4n) is 2.32. The Hall–Kier alpha value is -0.830. The first-order chi connectivity index (χ1) is 8.70. The van der Waals surface area contributed by atoms with E-state index in [2.05, 4.69) is 19.3 Å². The molecule has 3 heteroatoms. The van der Waals surface area contributed by atoms with E-state index in [1.807, 2.05) is 6.92 Å². The van der Waals surface area contributed by atoms with Gasteiger partial charge in [-0.05, 0) is 25.3 Å². The highest BCUT2D eigenvalue weighted by atomic mass is 16.7. The van der Waals surface area contributed by atoms with E-state index in [9.17, 15) is 4.79 Å². The van der Waals surface area contributed by atoms with Crippen molar-refractivity contribution in [3.8, 4) is 0 Å². The summed E-state index contributed by atoms with van der Waals surface area (Å²) in [7, 11) is 0. The highest BCUT2D eigenvalue weighted by Crippen LogP contribution is 2.21. The summed E-state index contributed by atoms with van der Waals surface area (Å²) in [6.07, 6.45) is 8.92. The van der Waals surface area contributed by atoms with Crippen LogP contribution in [0.15, 0.2) is 11.3 Å². The number of unbranched alkanes of at least 4 members (excludes halogenated alkanes) is 5. The number of hydrogen-bond donors (Lipinski definition) is 1. The lowest BCUT2D eigenvalue weighted by Crippen LogP contribution is -2.16. The van der Waals surface area contributed by atoms with Crippen molar-refractivity contribution in [2.45, 2.75) is 78.2 Å². The summed E-state index contributed by atoms with van der Waals surface area (Å²) in [5, 5.41) is 0. The number of carbonyl (C=O) groups is 1. The molecule has 1 atom stereocenters. The lowest BCUT2D eigenvalue weighted by Gasteiger charge is -2.04. The average molecular weight is 253 g/mol. The Kier molecular flexibility index (Phi) is 7.02. The van der Waals surface area contributed by atoms with Crippen molar-refractivity contribution >= 4 is 5.78 Å². The monoisotopic (exact) mass is 253 g/mol. The molecule has 0 amide bonds. The van der Waals surface area contributed by atoms with Crippen LogP contribution in [0.5, 0.6) is 0 Å². The third-order valence-corrected chi connectivity index (χ3v) is 3.59. The Balaban J connectivity index is 2.23. The van der Waals surface area contributed by atoms with Crippen molar-refractivity contribution in [3.05, 3.63) is 11.3 Å². The molecule has 1 unspecified atom stereocenters. The van der Waals surface area contributed by atoms with Gasteiger partial charge in [-0.15, -0.1) is 0 Å². The molecular weight excluding hydrogens is 226 g/mol. The molecule has 104 valence electrons. The number of hydroxylamine groups is 1. The smallest absolute Gasteiger partial charge is 0.180 e. The van der Waals surface area contributed by atoms with Gasteiger partial charge in [0.15, 0.2) is 5.78 Å². The molecule has 1 aliphatic rings. The van der Waals surface area contributed by atoms with Crippen molar-refractivity contribution in [1.82, 2.24) is 5.48 Å². The molecule has 0 bridgehead atoms. The Bertz CT molecular complexity index is 297. The van der Waals surface area contributed by atoms with Crippen LogP contribution in [-0.4, -0.2) is 11.9 Å². The molecule has 0 aromatic carbocycles. The summed E-state index contributed by atoms with van der Waals surface area (Å²) in [6.45, 7) is 6.27. The number of carbonyl (C=O) groups excluding carboxylic acids is 1. The number of allylic oxidation sites excluding steroid dienone is 1. The van der Waals surface area contributed by atoms with E-state index in [1.165, 1.54) is 25.7 Å². The van der Waals surface area contributed by atoms with Gasteiger partial charge in [0.05, 0.1) is 0 Å². The molecule has 1 N–H and O–H groups in total. The SMILES string of the molecule is CCCCCCCCC(=O)C1=C(C)C(CC)ON1. The summed E-state index contributed by atoms with van der Waals surface area (Å²) in [6, 6.07) is 0. The predicted octanol–water partition coefficient (Wildman–Crippen LogP) is 3.89. The Morgan fingerprint density at radius 3 is 2.44 bits per heavy atom. The van der Waals surface area contributed by atoms with Gasteiger partial charge in [-0.25, -0.2) is 0 Å². The maximum Gasteiger partial charge on any atom is 0.180 e. The maximum atomic E-state index is 12.0. The molecule has 1 aliphatic heterocycles. The highest BCUT2D eigenvalue weighted by Gasteiger charge is 2.25. The van der Waals surface area contributed by atoms with E-state index in [-0.39, 0.29) is 11.9 Å². The summed E-state index contributed by atoms with van der Waals surface area (Å²) >= 11 is 0. The van der Waals surface area contributed by atoms with Gasteiger partial charge < -0.3 is 0 Å². The minimum absolute atomic E-state index is 0.0773. The number of nitrogens with one attached hydrogen (secondary N) is 1. The zero-order chi connectivity index (χ0) is 13.4. The van der Waals surface area contributed by atoms with Gasteiger partial charge in [0.2, 0.25) is 0 Å². The number of ketones is 1. The van der Waals surface area contributed by atoms with Crippen molar-refractivity contribution < 1.29 is 9.63 Å². The van der Waals surface area contributed by atoms with E-state index in [4.69, 9.17) is 4.84 Å². The fraction of sp³-hybridized carbons (Fsp3) is 0.800. The van der Waals surface area contributed by atoms with Crippen molar-refractivity contribution in [1.29, 1.82) is 0 Å². The van der Waals surface area contributed by atoms with Crippen LogP contribution in [0.25, 0.3) is 0 Å². The molecule has 3 nitrogen and oxygen atoms in total. The van der Waals surface area contributed by atoms with E-state index in [1.54, 1.807) is 0 Å². The van der Waals surface area contributed by atoms with Crippen molar-refractivity contribution in [2.24, 2.45) is 0 Å². The third kappa shape index (κ3) is 4.45. The van der Waals surface area contributed by atoms with Gasteiger partial charge in [0, 0.05) is 6.42 Å². The summed E-state index contributed by atoms with van der Waals surface area (Å²) in [5.74, 6) is 0.207. The normalized spacial score (nSPS) is 19.2. The number of Topliss-reactive ketones (excluding diaryl/α,β-unsaturated/α-hetero) is 1. The first-order valence-corrected chi connectivity index (χ1v) is 7.36. The summed E-state index contributed by atoms with van der Waals surface area (Å²) in [4.78, 5) is 17.4. The minimum Gasteiger partial charge on any atom is -0.292 e. The van der Waals surface area contributed by atoms with E-state index in [0.717, 1.165) is 24.8 Å². The molecule has 0 saturated carbocycles. The first kappa shape index (κ1) is 15.2. The second-order valence-electron chi connectivity index (χ2n) is 5.12. The molecule has 0 spiro atoms. The molecular formula is C15H27NO2. The minimum atomic E-state index is 0.0773. The predicted molar refractivity (Wildman–Crippen MR) is 74.0 cm³/mol. The van der Waals surface area contributed by atoms with Crippen LogP contribution >= 0.6 is 0 Å². The Labute approximate surface area is 111 Å². The van der Waals surface area contributed by atoms with Crippen LogP contribution in [0.1, 0.15) is 72.1 Å². The largest absolute Gasteiger partial charge is 0.292 e. The van der Waals surface area contributed by atoms with Gasteiger partial charge in [-0.1, -0.05) is 46.0 Å². The molecule has 0 saturated heterocycles. The van der Waals surface area contributed by atoms with Crippen LogP contribution in [0.2, 0.25) is 0 Å². The standard InChI is InChI=1S/C15H27NO2/c1-4-6-7-8-9-10-11-13(17)15-12(3)14(5-2)18-16-15/h14,16H,4-11H2,1-3H3. The third-order valence-electron chi connectivity index (χ3n) is 3.59. The van der Waals surface area contributed by atoms with Crippen LogP contribution in [-0.2, 0) is 9.63 Å². The van der Waals surface area contributed by atoms with E-state index >= 15 is 0 Å². The lowest BCUT2D eigenvalue weighted by molar-refractivity contribution is -0.117. The number of rotatable bonds is 9. The van der Waals surface area contributed by atoms with Crippen LogP contribution in [0.3, 0.4) is 0 Å². The molecule has 0 aliphatic carbocycles. The topological polar surface area (TPSA) is 38.3 Å². The molecule has 1 rings (SSSR count). The fourth-order valence-corrected chi connectivity index (χ4v) is 2.32. The van der Waals surface area contributed by atoms with Crippen LogP contribution in [0, 0.1) is 0 Å². The Morgan fingerprint density at radius 2 is 1.83 bits per heavy atom. The lowest BCUT2D eigenvalue weighted by atomic mass is 10.0. The zero-order valence-electron chi connectivity index (χ0n) is 12.1.